The van der Waals surface area contributed by atoms with E-state index < -0.39 is 6.80 Å². The van der Waals surface area contributed by atoms with Gasteiger partial charge in [-0.05, 0) is 44.9 Å². The number of allylic oxidation sites excluding steroid dienone is 1. The fourth-order valence-corrected chi connectivity index (χ4v) is 4.15. The first kappa shape index (κ1) is 27.3. The Labute approximate surface area is 185 Å². The topological polar surface area (TPSA) is 126 Å². The van der Waals surface area contributed by atoms with Crippen LogP contribution >= 0.6 is 19.0 Å². The van der Waals surface area contributed by atoms with Crippen molar-refractivity contribution in [1.29, 1.82) is 0 Å². The molecule has 1 saturated heterocycles. The summed E-state index contributed by atoms with van der Waals surface area (Å²) < 4.78 is 21.2. The third kappa shape index (κ3) is 11.0. The number of unbranched alkanes of at least 4 members (excludes halogenated alkanes) is 3. The van der Waals surface area contributed by atoms with Crippen LogP contribution in [-0.2, 0) is 18.4 Å². The summed E-state index contributed by atoms with van der Waals surface area (Å²) in [6.07, 6.45) is 8.66. The Kier molecular flexibility index (Phi) is 13.7. The van der Waals surface area contributed by atoms with Crippen LogP contribution in [-0.4, -0.2) is 54.9 Å². The van der Waals surface area contributed by atoms with Crippen LogP contribution in [0.5, 0.6) is 0 Å². The Bertz CT molecular complexity index is 581. The molecular formula is C19H39N4O5PS. The standard InChI is InChI=1S/C19H39N4O5PS/c1-3-17-13-18(24)15-23(17)19(25)10-6-7-11-21-14-16(22-20)9-5-4-8-12-28-29(26,30)27-2/h14,17-18,21-22,24H,3-13,15,20H2,1-2H3,(H,26,30)/b16-14-/t17-,18?,29?/m1/s1. The number of hydrazine groups is 1. The van der Waals surface area contributed by atoms with Gasteiger partial charge in [0, 0.05) is 44.6 Å². The van der Waals surface area contributed by atoms with E-state index in [2.05, 4.69) is 34.4 Å². The minimum absolute atomic E-state index is 0.141. The van der Waals surface area contributed by atoms with Crippen LogP contribution in [0.15, 0.2) is 11.9 Å². The van der Waals surface area contributed by atoms with Crippen LogP contribution in [0, 0.1) is 0 Å². The third-order valence-corrected chi connectivity index (χ3v) is 6.99. The third-order valence-electron chi connectivity index (χ3n) is 5.18. The van der Waals surface area contributed by atoms with Gasteiger partial charge in [0.25, 0.3) is 0 Å². The van der Waals surface area contributed by atoms with Gasteiger partial charge >= 0.3 is 6.80 Å². The summed E-state index contributed by atoms with van der Waals surface area (Å²) in [5.41, 5.74) is 3.60. The predicted molar refractivity (Wildman–Crippen MR) is 122 cm³/mol. The molecule has 0 spiro atoms. The molecule has 9 nitrogen and oxygen atoms in total. The number of carbonyl (C=O) groups is 1. The summed E-state index contributed by atoms with van der Waals surface area (Å²) >= 11 is 3.80. The smallest absolute Gasteiger partial charge is 0.385 e. The lowest BCUT2D eigenvalue weighted by Gasteiger charge is -2.23. The highest BCUT2D eigenvalue weighted by molar-refractivity contribution is 8.44. The van der Waals surface area contributed by atoms with Gasteiger partial charge in [0.15, 0.2) is 0 Å². The number of nitrogens with zero attached hydrogens (tertiary/aromatic N) is 1. The molecule has 3 atom stereocenters. The van der Waals surface area contributed by atoms with Crippen molar-refractivity contribution >= 4 is 25.0 Å². The predicted octanol–water partition coefficient (Wildman–Crippen LogP) is 2.68. The van der Waals surface area contributed by atoms with Crippen molar-refractivity contribution in [3.8, 4) is 0 Å². The highest BCUT2D eigenvalue weighted by Crippen LogP contribution is 2.52. The average Bonchev–Trinajstić information content (AvgIpc) is 3.12. The minimum Gasteiger partial charge on any atom is -0.391 e. The average molecular weight is 467 g/mol. The van der Waals surface area contributed by atoms with E-state index in [9.17, 15) is 14.5 Å². The largest absolute Gasteiger partial charge is 0.391 e. The van der Waals surface area contributed by atoms with Gasteiger partial charge in [0.1, 0.15) is 0 Å². The van der Waals surface area contributed by atoms with E-state index in [1.165, 1.54) is 7.11 Å². The number of hydrogen-bond donors (Lipinski definition) is 5. The Hall–Kier alpha value is -0.770. The van der Waals surface area contributed by atoms with E-state index >= 15 is 0 Å². The Balaban J connectivity index is 2.11. The van der Waals surface area contributed by atoms with Crippen LogP contribution < -0.4 is 16.6 Å². The fourth-order valence-electron chi connectivity index (χ4n) is 3.44. The number of amides is 1. The van der Waals surface area contributed by atoms with Crippen molar-refractivity contribution in [2.24, 2.45) is 5.84 Å². The first-order valence-corrected chi connectivity index (χ1v) is 13.4. The summed E-state index contributed by atoms with van der Waals surface area (Å²) in [5, 5.41) is 13.0. The summed E-state index contributed by atoms with van der Waals surface area (Å²) in [6.45, 7) is 0.444. The van der Waals surface area contributed by atoms with Gasteiger partial charge in [-0.3, -0.25) is 10.6 Å². The number of rotatable bonds is 16. The molecule has 0 aliphatic carbocycles. The maximum Gasteiger partial charge on any atom is 0.385 e. The van der Waals surface area contributed by atoms with E-state index in [0.29, 0.717) is 26.0 Å². The second-order valence-corrected chi connectivity index (χ2v) is 10.5. The highest BCUT2D eigenvalue weighted by atomic mass is 32.7. The molecule has 2 unspecified atom stereocenters. The maximum absolute atomic E-state index is 12.3. The van der Waals surface area contributed by atoms with Gasteiger partial charge in [0.05, 0.1) is 12.7 Å². The normalized spacial score (nSPS) is 21.5. The lowest BCUT2D eigenvalue weighted by molar-refractivity contribution is -0.132. The molecule has 11 heteroatoms. The van der Waals surface area contributed by atoms with Crippen molar-refractivity contribution in [1.82, 2.24) is 15.6 Å². The number of aliphatic hydroxyl groups is 1. The molecule has 1 amide bonds. The lowest BCUT2D eigenvalue weighted by Crippen LogP contribution is -2.35. The molecule has 1 heterocycles. The van der Waals surface area contributed by atoms with Crippen LogP contribution in [0.4, 0.5) is 0 Å². The zero-order valence-corrected chi connectivity index (χ0v) is 20.0. The maximum atomic E-state index is 12.3. The van der Waals surface area contributed by atoms with Gasteiger partial charge in [-0.2, -0.15) is 0 Å². The second-order valence-electron chi connectivity index (χ2n) is 7.52. The van der Waals surface area contributed by atoms with Gasteiger partial charge in [-0.1, -0.05) is 25.6 Å². The number of β-amino-alcohol motifs (C(OH)–C–C–N with tert-alkyl or cyclic N) is 1. The molecule has 176 valence electrons. The molecule has 1 aliphatic heterocycles. The Morgan fingerprint density at radius 1 is 1.30 bits per heavy atom. The first-order valence-electron chi connectivity index (χ1n) is 10.7. The molecule has 0 aromatic heterocycles. The quantitative estimate of drug-likeness (QED) is 0.0773. The van der Waals surface area contributed by atoms with Gasteiger partial charge < -0.3 is 29.8 Å². The summed E-state index contributed by atoms with van der Waals surface area (Å²) in [6, 6.07) is 0.181. The van der Waals surface area contributed by atoms with Crippen LogP contribution in [0.2, 0.25) is 0 Å². The van der Waals surface area contributed by atoms with Crippen LogP contribution in [0.1, 0.15) is 64.7 Å². The van der Waals surface area contributed by atoms with E-state index in [1.54, 1.807) is 0 Å². The van der Waals surface area contributed by atoms with Gasteiger partial charge in [-0.25, -0.2) is 4.57 Å². The second kappa shape index (κ2) is 15.1. The molecule has 0 bridgehead atoms. The molecule has 5 N–H and O–H groups in total. The zero-order valence-electron chi connectivity index (χ0n) is 18.2. The molecule has 0 aromatic carbocycles. The van der Waals surface area contributed by atoms with Crippen LogP contribution in [0.3, 0.4) is 0 Å². The minimum atomic E-state index is -3.19. The number of aliphatic hydroxyl groups excluding tert-OH is 1. The number of likely N-dealkylation sites (tertiary alicyclic amines) is 1. The van der Waals surface area contributed by atoms with E-state index in [4.69, 9.17) is 10.4 Å². The Morgan fingerprint density at radius 3 is 2.70 bits per heavy atom. The van der Waals surface area contributed by atoms with Crippen molar-refractivity contribution in [3.63, 3.8) is 0 Å². The number of nitrogens with two attached hydrogens (primary N) is 1. The molecule has 0 saturated carbocycles. The molecule has 1 rings (SSSR count). The number of nitrogens with one attached hydrogen (secondary N) is 2. The van der Waals surface area contributed by atoms with E-state index in [-0.39, 0.29) is 18.1 Å². The number of hydrogen-bond acceptors (Lipinski definition) is 8. The summed E-state index contributed by atoms with van der Waals surface area (Å²) in [7, 11) is 1.31. The molecule has 1 fully saturated rings. The molecule has 0 radical (unpaired) electrons. The molecular weight excluding hydrogens is 427 g/mol. The molecule has 30 heavy (non-hydrogen) atoms. The highest BCUT2D eigenvalue weighted by Gasteiger charge is 2.32. The van der Waals surface area contributed by atoms with Crippen molar-refractivity contribution in [3.05, 3.63) is 11.9 Å². The first-order chi connectivity index (χ1) is 14.3. The summed E-state index contributed by atoms with van der Waals surface area (Å²) in [5.74, 6) is 5.70. The Morgan fingerprint density at radius 2 is 2.03 bits per heavy atom. The van der Waals surface area contributed by atoms with E-state index in [1.807, 2.05) is 11.1 Å². The number of carbonyl (C=O) groups excluding carboxylic acids is 1. The van der Waals surface area contributed by atoms with E-state index in [0.717, 1.165) is 57.2 Å². The van der Waals surface area contributed by atoms with Gasteiger partial charge in [0.2, 0.25) is 5.91 Å². The van der Waals surface area contributed by atoms with Crippen molar-refractivity contribution < 1.29 is 23.5 Å². The zero-order chi connectivity index (χ0) is 22.4. The SMILES string of the molecule is CC[C@@H]1CC(O)CN1C(=O)CCCCN/C=C(/CCCCCOP(=O)(S)OC)NN. The summed E-state index contributed by atoms with van der Waals surface area (Å²) in [4.78, 5) is 14.2. The van der Waals surface area contributed by atoms with Crippen molar-refractivity contribution in [2.45, 2.75) is 76.9 Å². The monoisotopic (exact) mass is 466 g/mol. The van der Waals surface area contributed by atoms with Crippen molar-refractivity contribution in [2.75, 3.05) is 26.8 Å². The van der Waals surface area contributed by atoms with Gasteiger partial charge in [-0.15, -0.1) is 0 Å². The van der Waals surface area contributed by atoms with Crippen LogP contribution in [0.25, 0.3) is 0 Å². The molecule has 1 aliphatic rings. The number of thiol groups is 1. The molecule has 0 aromatic rings. The lowest BCUT2D eigenvalue weighted by atomic mass is 10.1. The fraction of sp³-hybridized carbons (Fsp3) is 0.842.